The van der Waals surface area contributed by atoms with Gasteiger partial charge in [0, 0.05) is 28.5 Å². The second-order valence-corrected chi connectivity index (χ2v) is 6.71. The molecule has 3 aromatic rings. The number of carbonyl (C=O) groups is 1. The summed E-state index contributed by atoms with van der Waals surface area (Å²) in [6.07, 6.45) is 4.56. The van der Waals surface area contributed by atoms with Gasteiger partial charge in [-0.05, 0) is 24.3 Å². The zero-order valence-corrected chi connectivity index (χ0v) is 14.0. The number of carbonyl (C=O) groups excluding carboxylic acids is 1. The molecule has 0 aliphatic heterocycles. The lowest BCUT2D eigenvalue weighted by molar-refractivity contribution is 0.0954. The van der Waals surface area contributed by atoms with Crippen LogP contribution in [0.25, 0.3) is 5.82 Å². The van der Waals surface area contributed by atoms with Crippen molar-refractivity contribution in [1.82, 2.24) is 25.1 Å². The van der Waals surface area contributed by atoms with Gasteiger partial charge in [0.05, 0.1) is 0 Å². The summed E-state index contributed by atoms with van der Waals surface area (Å²) in [7, 11) is 0. The normalized spacial score (nSPS) is 11.9. The average Bonchev–Trinajstić information content (AvgIpc) is 3.15. The minimum Gasteiger partial charge on any atom is -0.351 e. The van der Waals surface area contributed by atoms with Gasteiger partial charge >= 0.3 is 0 Å². The number of nitrogens with one attached hydrogen (secondary N) is 1. The first-order chi connectivity index (χ1) is 11.7. The molecule has 3 rings (SSSR count). The number of aromatic nitrogens is 4. The number of hydrogen-bond donors (Lipinski definition) is 1. The summed E-state index contributed by atoms with van der Waals surface area (Å²) in [6.45, 7) is 2.67. The highest BCUT2D eigenvalue weighted by Crippen LogP contribution is 2.22. The highest BCUT2D eigenvalue weighted by atomic mass is 32.2. The standard InChI is InChI=1S/C17H17N5OS/c1-13(24-15-5-3-2-4-6-15)10-20-17(23)14-7-8-19-16(9-14)22-12-18-11-21-22/h2-9,11-13H,10H2,1H3,(H,20,23)/t13-/m1/s1. The molecule has 2 heterocycles. The summed E-state index contributed by atoms with van der Waals surface area (Å²) >= 11 is 1.73. The molecule has 1 N–H and O–H groups in total. The van der Waals surface area contributed by atoms with Crippen molar-refractivity contribution in [1.29, 1.82) is 0 Å². The molecule has 0 saturated carbocycles. The molecule has 7 heteroatoms. The molecular formula is C17H17N5OS. The van der Waals surface area contributed by atoms with E-state index in [0.29, 0.717) is 17.9 Å². The fourth-order valence-electron chi connectivity index (χ4n) is 2.12. The summed E-state index contributed by atoms with van der Waals surface area (Å²) in [5.74, 6) is 0.436. The lowest BCUT2D eigenvalue weighted by Crippen LogP contribution is -2.29. The quantitative estimate of drug-likeness (QED) is 0.699. The van der Waals surface area contributed by atoms with E-state index in [4.69, 9.17) is 0 Å². The van der Waals surface area contributed by atoms with Gasteiger partial charge in [-0.25, -0.2) is 14.6 Å². The first-order valence-corrected chi connectivity index (χ1v) is 8.41. The Bertz CT molecular complexity index is 792. The van der Waals surface area contributed by atoms with Crippen molar-refractivity contribution < 1.29 is 4.79 Å². The van der Waals surface area contributed by atoms with E-state index in [2.05, 4.69) is 39.4 Å². The van der Waals surface area contributed by atoms with E-state index < -0.39 is 0 Å². The van der Waals surface area contributed by atoms with Gasteiger partial charge in [-0.15, -0.1) is 11.8 Å². The van der Waals surface area contributed by atoms with Crippen molar-refractivity contribution in [2.75, 3.05) is 6.54 Å². The molecule has 0 unspecified atom stereocenters. The summed E-state index contributed by atoms with van der Waals surface area (Å²) in [4.78, 5) is 21.6. The Hall–Kier alpha value is -2.67. The molecular weight excluding hydrogens is 322 g/mol. The summed E-state index contributed by atoms with van der Waals surface area (Å²) in [6, 6.07) is 13.5. The van der Waals surface area contributed by atoms with Crippen molar-refractivity contribution in [3.05, 3.63) is 66.9 Å². The predicted octanol–water partition coefficient (Wildman–Crippen LogP) is 2.57. The van der Waals surface area contributed by atoms with Gasteiger partial charge in [-0.2, -0.15) is 5.10 Å². The fourth-order valence-corrected chi connectivity index (χ4v) is 3.07. The van der Waals surface area contributed by atoms with Gasteiger partial charge in [-0.1, -0.05) is 25.1 Å². The monoisotopic (exact) mass is 339 g/mol. The fraction of sp³-hybridized carbons (Fsp3) is 0.176. The second kappa shape index (κ2) is 7.74. The summed E-state index contributed by atoms with van der Waals surface area (Å²) in [5, 5.41) is 7.25. The van der Waals surface area contributed by atoms with Crippen LogP contribution in [0.3, 0.4) is 0 Å². The molecule has 0 fully saturated rings. The third-order valence-electron chi connectivity index (χ3n) is 3.29. The van der Waals surface area contributed by atoms with E-state index in [1.54, 1.807) is 36.4 Å². The Morgan fingerprint density at radius 2 is 2.12 bits per heavy atom. The molecule has 122 valence electrons. The Morgan fingerprint density at radius 1 is 1.29 bits per heavy atom. The number of thioether (sulfide) groups is 1. The maximum Gasteiger partial charge on any atom is 0.251 e. The van der Waals surface area contributed by atoms with Gasteiger partial charge in [-0.3, -0.25) is 4.79 Å². The van der Waals surface area contributed by atoms with Crippen LogP contribution in [0.15, 0.2) is 66.2 Å². The molecule has 6 nitrogen and oxygen atoms in total. The van der Waals surface area contributed by atoms with E-state index in [0.717, 1.165) is 0 Å². The van der Waals surface area contributed by atoms with Gasteiger partial charge in [0.15, 0.2) is 5.82 Å². The van der Waals surface area contributed by atoms with E-state index in [1.807, 2.05) is 18.2 Å². The van der Waals surface area contributed by atoms with E-state index in [9.17, 15) is 4.79 Å². The zero-order chi connectivity index (χ0) is 16.8. The van der Waals surface area contributed by atoms with Gasteiger partial charge in [0.1, 0.15) is 12.7 Å². The van der Waals surface area contributed by atoms with E-state index in [-0.39, 0.29) is 11.2 Å². The largest absolute Gasteiger partial charge is 0.351 e. The molecule has 2 aromatic heterocycles. The number of hydrogen-bond acceptors (Lipinski definition) is 5. The molecule has 1 aromatic carbocycles. The van der Waals surface area contributed by atoms with Crippen molar-refractivity contribution in [2.24, 2.45) is 0 Å². The molecule has 1 atom stereocenters. The van der Waals surface area contributed by atoms with Gasteiger partial charge in [0.2, 0.25) is 0 Å². The lowest BCUT2D eigenvalue weighted by atomic mass is 10.2. The first kappa shape index (κ1) is 16.2. The van der Waals surface area contributed by atoms with Crippen LogP contribution in [-0.2, 0) is 0 Å². The summed E-state index contributed by atoms with van der Waals surface area (Å²) < 4.78 is 1.52. The van der Waals surface area contributed by atoms with Crippen LogP contribution in [0.5, 0.6) is 0 Å². The predicted molar refractivity (Wildman–Crippen MR) is 93.2 cm³/mol. The minimum absolute atomic E-state index is 0.126. The van der Waals surface area contributed by atoms with Crippen molar-refractivity contribution in [3.63, 3.8) is 0 Å². The smallest absolute Gasteiger partial charge is 0.251 e. The number of nitrogens with zero attached hydrogens (tertiary/aromatic N) is 4. The maximum atomic E-state index is 12.3. The second-order valence-electron chi connectivity index (χ2n) is 5.19. The SMILES string of the molecule is C[C@H](CNC(=O)c1ccnc(-n2cncn2)c1)Sc1ccccc1. The topological polar surface area (TPSA) is 72.7 Å². The molecule has 0 saturated heterocycles. The van der Waals surface area contributed by atoms with Crippen molar-refractivity contribution in [2.45, 2.75) is 17.1 Å². The third-order valence-corrected chi connectivity index (χ3v) is 4.41. The highest BCUT2D eigenvalue weighted by molar-refractivity contribution is 8.00. The molecule has 0 radical (unpaired) electrons. The number of amides is 1. The molecule has 0 aliphatic carbocycles. The van der Waals surface area contributed by atoms with Gasteiger partial charge in [0.25, 0.3) is 5.91 Å². The number of benzene rings is 1. The van der Waals surface area contributed by atoms with Crippen LogP contribution in [0, 0.1) is 0 Å². The maximum absolute atomic E-state index is 12.3. The third kappa shape index (κ3) is 4.20. The average molecular weight is 339 g/mol. The van der Waals surface area contributed by atoms with Crippen LogP contribution in [0.2, 0.25) is 0 Å². The first-order valence-electron chi connectivity index (χ1n) is 7.53. The Balaban J connectivity index is 1.58. The number of rotatable bonds is 6. The number of pyridine rings is 1. The van der Waals surface area contributed by atoms with Crippen LogP contribution in [0.1, 0.15) is 17.3 Å². The van der Waals surface area contributed by atoms with Crippen molar-refractivity contribution in [3.8, 4) is 5.82 Å². The molecule has 1 amide bonds. The van der Waals surface area contributed by atoms with Crippen LogP contribution in [0.4, 0.5) is 0 Å². The van der Waals surface area contributed by atoms with Crippen molar-refractivity contribution >= 4 is 17.7 Å². The minimum atomic E-state index is -0.126. The van der Waals surface area contributed by atoms with Crippen LogP contribution < -0.4 is 5.32 Å². The highest BCUT2D eigenvalue weighted by Gasteiger charge is 2.10. The Morgan fingerprint density at radius 3 is 2.88 bits per heavy atom. The van der Waals surface area contributed by atoms with E-state index in [1.165, 1.54) is 15.9 Å². The molecule has 0 spiro atoms. The van der Waals surface area contributed by atoms with Crippen LogP contribution in [-0.4, -0.2) is 37.5 Å². The van der Waals surface area contributed by atoms with Gasteiger partial charge < -0.3 is 5.32 Å². The van der Waals surface area contributed by atoms with E-state index >= 15 is 0 Å². The Kier molecular flexibility index (Phi) is 5.22. The molecule has 0 aliphatic rings. The van der Waals surface area contributed by atoms with Crippen LogP contribution >= 0.6 is 11.8 Å². The summed E-state index contributed by atoms with van der Waals surface area (Å²) in [5.41, 5.74) is 0.549. The molecule has 24 heavy (non-hydrogen) atoms. The Labute approximate surface area is 144 Å². The lowest BCUT2D eigenvalue weighted by Gasteiger charge is -2.12. The zero-order valence-electron chi connectivity index (χ0n) is 13.2. The molecule has 0 bridgehead atoms.